The van der Waals surface area contributed by atoms with E-state index in [1.165, 1.54) is 5.56 Å². The molecule has 0 aliphatic carbocycles. The summed E-state index contributed by atoms with van der Waals surface area (Å²) in [5.74, 6) is 0.942. The zero-order valence-corrected chi connectivity index (χ0v) is 18.6. The molecule has 31 heavy (non-hydrogen) atoms. The number of piperidine rings is 1. The van der Waals surface area contributed by atoms with Crippen LogP contribution in [0.1, 0.15) is 34.8 Å². The highest BCUT2D eigenvalue weighted by Crippen LogP contribution is 2.30. The zero-order valence-electron chi connectivity index (χ0n) is 17.0. The van der Waals surface area contributed by atoms with Gasteiger partial charge in [0.05, 0.1) is 16.6 Å². The van der Waals surface area contributed by atoms with E-state index in [4.69, 9.17) is 0 Å². The smallest absolute Gasteiger partial charge is 0.326 e. The largest absolute Gasteiger partial charge is 0.338 e. The van der Waals surface area contributed by atoms with Crippen LogP contribution in [0.15, 0.2) is 75.0 Å². The molecule has 1 aliphatic rings. The van der Waals surface area contributed by atoms with Crippen molar-refractivity contribution in [2.75, 3.05) is 13.1 Å². The second-order valence-electron chi connectivity index (χ2n) is 7.76. The molecule has 0 spiro atoms. The number of thiophene rings is 1. The molecule has 5 rings (SSSR count). The molecule has 5 nitrogen and oxygen atoms in total. The lowest BCUT2D eigenvalue weighted by molar-refractivity contribution is 0.0691. The van der Waals surface area contributed by atoms with Crippen molar-refractivity contribution in [1.29, 1.82) is 0 Å². The van der Waals surface area contributed by atoms with E-state index in [-0.39, 0.29) is 17.6 Å². The number of thioether (sulfide) groups is 1. The third-order valence-electron chi connectivity index (χ3n) is 5.83. The van der Waals surface area contributed by atoms with Gasteiger partial charge in [0.15, 0.2) is 0 Å². The van der Waals surface area contributed by atoms with Gasteiger partial charge in [-0.05, 0) is 59.5 Å². The summed E-state index contributed by atoms with van der Waals surface area (Å²) >= 11 is 3.40. The predicted molar refractivity (Wildman–Crippen MR) is 127 cm³/mol. The summed E-state index contributed by atoms with van der Waals surface area (Å²) in [6, 6.07) is 17.9. The first-order chi connectivity index (χ1) is 15.2. The van der Waals surface area contributed by atoms with Crippen molar-refractivity contribution >= 4 is 40.0 Å². The van der Waals surface area contributed by atoms with Gasteiger partial charge in [-0.3, -0.25) is 9.36 Å². The Labute approximate surface area is 188 Å². The number of hydrogen-bond acceptors (Lipinski definition) is 4. The lowest BCUT2D eigenvalue weighted by Gasteiger charge is -2.33. The number of likely N-dealkylation sites (tertiary alicyclic amines) is 1. The molecule has 1 saturated heterocycles. The van der Waals surface area contributed by atoms with E-state index in [2.05, 4.69) is 21.8 Å². The number of fused-ring (bicyclic) bond motifs is 1. The topological polar surface area (TPSA) is 58.1 Å². The van der Waals surface area contributed by atoms with E-state index >= 15 is 0 Å². The number of rotatable bonds is 5. The van der Waals surface area contributed by atoms with Gasteiger partial charge in [0, 0.05) is 29.8 Å². The first-order valence-electron chi connectivity index (χ1n) is 10.4. The monoisotopic (exact) mass is 449 g/mol. The van der Waals surface area contributed by atoms with E-state index < -0.39 is 0 Å². The van der Waals surface area contributed by atoms with Gasteiger partial charge in [0.1, 0.15) is 0 Å². The summed E-state index contributed by atoms with van der Waals surface area (Å²) < 4.78 is 1.86. The Morgan fingerprint density at radius 3 is 2.65 bits per heavy atom. The molecule has 1 fully saturated rings. The highest BCUT2D eigenvalue weighted by Gasteiger charge is 2.27. The molecular weight excluding hydrogens is 426 g/mol. The van der Waals surface area contributed by atoms with E-state index in [0.29, 0.717) is 13.1 Å². The van der Waals surface area contributed by atoms with Crippen molar-refractivity contribution in [2.24, 2.45) is 0 Å². The summed E-state index contributed by atoms with van der Waals surface area (Å²) in [5.41, 5.74) is 3.78. The highest BCUT2D eigenvalue weighted by atomic mass is 32.2. The van der Waals surface area contributed by atoms with Crippen LogP contribution in [-0.4, -0.2) is 33.4 Å². The average molecular weight is 450 g/mol. The second-order valence-corrected chi connectivity index (χ2v) is 9.55. The lowest BCUT2D eigenvalue weighted by atomic mass is 10.0. The molecule has 1 aliphatic heterocycles. The van der Waals surface area contributed by atoms with Gasteiger partial charge in [-0.2, -0.15) is 11.3 Å². The standard InChI is InChI=1S/C24H23N3O2S2/c28-23(19-5-1-4-8-22(19)31-16-17-11-14-30-15-17)26-12-9-18(10-13-26)27-21-7-3-2-6-20(21)25-24(27)29/h1-8,11,14-15,18H,9-10,12-13,16H2,(H,25,29). The van der Waals surface area contributed by atoms with Crippen LogP contribution in [-0.2, 0) is 5.75 Å². The molecule has 4 aromatic rings. The minimum absolute atomic E-state index is 0.0684. The number of nitrogens with zero attached hydrogens (tertiary/aromatic N) is 2. The Balaban J connectivity index is 1.29. The summed E-state index contributed by atoms with van der Waals surface area (Å²) in [4.78, 5) is 31.7. The number of benzene rings is 2. The lowest BCUT2D eigenvalue weighted by Crippen LogP contribution is -2.40. The Morgan fingerprint density at radius 1 is 1.06 bits per heavy atom. The number of aromatic amines is 1. The number of para-hydroxylation sites is 2. The third kappa shape index (κ3) is 4.07. The van der Waals surface area contributed by atoms with Crippen molar-refractivity contribution < 1.29 is 4.79 Å². The van der Waals surface area contributed by atoms with Gasteiger partial charge in [-0.25, -0.2) is 4.79 Å². The summed E-state index contributed by atoms with van der Waals surface area (Å²) in [6.45, 7) is 1.30. The van der Waals surface area contributed by atoms with E-state index in [1.54, 1.807) is 23.1 Å². The van der Waals surface area contributed by atoms with Crippen LogP contribution in [0.25, 0.3) is 11.0 Å². The summed E-state index contributed by atoms with van der Waals surface area (Å²) in [7, 11) is 0. The number of nitrogens with one attached hydrogen (secondary N) is 1. The number of H-pyrrole nitrogens is 1. The first kappa shape index (κ1) is 20.2. The average Bonchev–Trinajstić information content (AvgIpc) is 3.44. The number of imidazole rings is 1. The van der Waals surface area contributed by atoms with Crippen LogP contribution < -0.4 is 5.69 Å². The fourth-order valence-electron chi connectivity index (χ4n) is 4.24. The van der Waals surface area contributed by atoms with Crippen LogP contribution >= 0.6 is 23.1 Å². The molecule has 0 saturated carbocycles. The summed E-state index contributed by atoms with van der Waals surface area (Å²) in [6.07, 6.45) is 1.55. The van der Waals surface area contributed by atoms with Crippen LogP contribution in [0, 0.1) is 0 Å². The Morgan fingerprint density at radius 2 is 1.84 bits per heavy atom. The fraction of sp³-hybridized carbons (Fsp3) is 0.250. The van der Waals surface area contributed by atoms with Crippen molar-refractivity contribution in [1.82, 2.24) is 14.5 Å². The van der Waals surface area contributed by atoms with Gasteiger partial charge in [-0.15, -0.1) is 11.8 Å². The zero-order chi connectivity index (χ0) is 21.2. The molecule has 0 atom stereocenters. The van der Waals surface area contributed by atoms with Gasteiger partial charge in [0.2, 0.25) is 0 Å². The molecule has 158 valence electrons. The maximum Gasteiger partial charge on any atom is 0.326 e. The number of aromatic nitrogens is 2. The van der Waals surface area contributed by atoms with Crippen LogP contribution in [0.4, 0.5) is 0 Å². The Hall–Kier alpha value is -2.77. The maximum atomic E-state index is 13.3. The highest BCUT2D eigenvalue weighted by molar-refractivity contribution is 7.98. The molecule has 2 aromatic carbocycles. The number of carbonyl (C=O) groups is 1. The molecule has 0 bridgehead atoms. The predicted octanol–water partition coefficient (Wildman–Crippen LogP) is 5.16. The Bertz CT molecular complexity index is 1250. The SMILES string of the molecule is O=C(c1ccccc1SCc1ccsc1)N1CCC(n2c(=O)[nH]c3ccccc32)CC1. The molecule has 1 N–H and O–H groups in total. The maximum absolute atomic E-state index is 13.3. The minimum Gasteiger partial charge on any atom is -0.338 e. The molecule has 0 unspecified atom stereocenters. The first-order valence-corrected chi connectivity index (χ1v) is 12.3. The van der Waals surface area contributed by atoms with Crippen LogP contribution in [0.2, 0.25) is 0 Å². The Kier molecular flexibility index (Phi) is 5.70. The van der Waals surface area contributed by atoms with Gasteiger partial charge >= 0.3 is 5.69 Å². The third-order valence-corrected chi connectivity index (χ3v) is 7.71. The van der Waals surface area contributed by atoms with Crippen molar-refractivity contribution in [2.45, 2.75) is 29.5 Å². The van der Waals surface area contributed by atoms with Crippen molar-refractivity contribution in [3.63, 3.8) is 0 Å². The van der Waals surface area contributed by atoms with E-state index in [9.17, 15) is 9.59 Å². The fourth-order valence-corrected chi connectivity index (χ4v) is 6.00. The van der Waals surface area contributed by atoms with Gasteiger partial charge in [0.25, 0.3) is 5.91 Å². The van der Waals surface area contributed by atoms with Crippen LogP contribution in [0.3, 0.4) is 0 Å². The van der Waals surface area contributed by atoms with Crippen molar-refractivity contribution in [3.05, 3.63) is 87.0 Å². The second kappa shape index (κ2) is 8.77. The number of carbonyl (C=O) groups excluding carboxylic acids is 1. The van der Waals surface area contributed by atoms with Gasteiger partial charge < -0.3 is 9.88 Å². The quantitative estimate of drug-likeness (QED) is 0.428. The normalized spacial score (nSPS) is 14.9. The van der Waals surface area contributed by atoms with E-state index in [1.807, 2.05) is 58.0 Å². The summed E-state index contributed by atoms with van der Waals surface area (Å²) in [5, 5.41) is 4.23. The molecule has 1 amide bonds. The van der Waals surface area contributed by atoms with E-state index in [0.717, 1.165) is 40.1 Å². The molecule has 3 heterocycles. The molecule has 2 aromatic heterocycles. The number of hydrogen-bond donors (Lipinski definition) is 1. The van der Waals surface area contributed by atoms with Gasteiger partial charge in [-0.1, -0.05) is 24.3 Å². The van der Waals surface area contributed by atoms with Crippen LogP contribution in [0.5, 0.6) is 0 Å². The molecule has 0 radical (unpaired) electrons. The molecule has 7 heteroatoms. The molecular formula is C24H23N3O2S2. The number of amides is 1. The minimum atomic E-state index is -0.0684. The van der Waals surface area contributed by atoms with Crippen molar-refractivity contribution in [3.8, 4) is 0 Å².